The molecule has 0 radical (unpaired) electrons. The van der Waals surface area contributed by atoms with Crippen LogP contribution in [0.1, 0.15) is 22.8 Å². The average molecular weight is 422 g/mol. The number of fused-ring (bicyclic) bond motifs is 2. The van der Waals surface area contributed by atoms with Crippen LogP contribution in [0.15, 0.2) is 52.3 Å². The summed E-state index contributed by atoms with van der Waals surface area (Å²) in [4.78, 5) is 30.0. The SMILES string of the molecule is COc1cccc2c(C)cc(SC(C)C(=O)c3ccc4c(c3)n(C)c(=O)n4C)nc12. The lowest BCUT2D eigenvalue weighted by molar-refractivity contribution is 0.0994. The molecule has 1 atom stereocenters. The Morgan fingerprint density at radius 2 is 1.83 bits per heavy atom. The van der Waals surface area contributed by atoms with Gasteiger partial charge < -0.3 is 4.74 Å². The standard InChI is InChI=1S/C23H23N3O3S/c1-13-11-20(24-21-16(13)7-6-8-19(21)29-5)30-14(2)22(27)15-9-10-17-18(12-15)26(4)23(28)25(17)3/h6-12,14H,1-5H3. The molecule has 30 heavy (non-hydrogen) atoms. The molecule has 0 saturated carbocycles. The summed E-state index contributed by atoms with van der Waals surface area (Å²) < 4.78 is 8.59. The van der Waals surface area contributed by atoms with E-state index < -0.39 is 0 Å². The van der Waals surface area contributed by atoms with Crippen molar-refractivity contribution >= 4 is 39.5 Å². The molecule has 6 nitrogen and oxygen atoms in total. The van der Waals surface area contributed by atoms with E-state index in [-0.39, 0.29) is 16.7 Å². The number of Topliss-reactive ketones (excluding diaryl/α,β-unsaturated/α-hetero) is 1. The summed E-state index contributed by atoms with van der Waals surface area (Å²) in [7, 11) is 5.07. The molecule has 2 aromatic carbocycles. The number of hydrogen-bond donors (Lipinski definition) is 0. The predicted octanol–water partition coefficient (Wildman–Crippen LogP) is 4.11. The fraction of sp³-hybridized carbons (Fsp3) is 0.261. The van der Waals surface area contributed by atoms with Crippen molar-refractivity contribution in [3.63, 3.8) is 0 Å². The molecule has 1 unspecified atom stereocenters. The molecule has 0 aliphatic heterocycles. The first-order chi connectivity index (χ1) is 14.3. The van der Waals surface area contributed by atoms with Gasteiger partial charge in [-0.15, -0.1) is 0 Å². The topological polar surface area (TPSA) is 66.1 Å². The Morgan fingerprint density at radius 1 is 1.10 bits per heavy atom. The number of ether oxygens (including phenoxy) is 1. The molecule has 0 fully saturated rings. The summed E-state index contributed by atoms with van der Waals surface area (Å²) >= 11 is 1.42. The van der Waals surface area contributed by atoms with Gasteiger partial charge in [0.1, 0.15) is 11.3 Å². The third-order valence-electron chi connectivity index (χ3n) is 5.43. The molecular weight excluding hydrogens is 398 g/mol. The lowest BCUT2D eigenvalue weighted by Gasteiger charge is -2.13. The van der Waals surface area contributed by atoms with Crippen LogP contribution in [0.2, 0.25) is 0 Å². The number of para-hydroxylation sites is 1. The zero-order chi connectivity index (χ0) is 21.6. The van der Waals surface area contributed by atoms with E-state index in [0.29, 0.717) is 11.3 Å². The van der Waals surface area contributed by atoms with Gasteiger partial charge in [0.25, 0.3) is 0 Å². The van der Waals surface area contributed by atoms with Gasteiger partial charge in [-0.25, -0.2) is 9.78 Å². The molecule has 0 aliphatic rings. The van der Waals surface area contributed by atoms with E-state index in [1.807, 2.05) is 44.2 Å². The molecule has 0 aliphatic carbocycles. The number of pyridine rings is 1. The smallest absolute Gasteiger partial charge is 0.328 e. The summed E-state index contributed by atoms with van der Waals surface area (Å²) in [5.74, 6) is 0.713. The van der Waals surface area contributed by atoms with Crippen molar-refractivity contribution in [1.82, 2.24) is 14.1 Å². The van der Waals surface area contributed by atoms with Gasteiger partial charge in [0, 0.05) is 25.0 Å². The number of carbonyl (C=O) groups is 1. The van der Waals surface area contributed by atoms with Gasteiger partial charge in [-0.2, -0.15) is 0 Å². The summed E-state index contributed by atoms with van der Waals surface area (Å²) in [6.07, 6.45) is 0. The van der Waals surface area contributed by atoms with Crippen molar-refractivity contribution < 1.29 is 9.53 Å². The Hall–Kier alpha value is -3.06. The number of rotatable bonds is 5. The number of methoxy groups -OCH3 is 1. The van der Waals surface area contributed by atoms with Crippen LogP contribution in [0.25, 0.3) is 21.9 Å². The van der Waals surface area contributed by atoms with Gasteiger partial charge >= 0.3 is 5.69 Å². The summed E-state index contributed by atoms with van der Waals surface area (Å²) in [5, 5.41) is 1.48. The quantitative estimate of drug-likeness (QED) is 0.358. The molecule has 4 aromatic rings. The van der Waals surface area contributed by atoms with Crippen molar-refractivity contribution in [2.24, 2.45) is 14.1 Å². The van der Waals surface area contributed by atoms with E-state index >= 15 is 0 Å². The molecular formula is C23H23N3O3S. The van der Waals surface area contributed by atoms with Crippen LogP contribution in [0.5, 0.6) is 5.75 Å². The number of benzene rings is 2. The zero-order valence-corrected chi connectivity index (χ0v) is 18.4. The summed E-state index contributed by atoms with van der Waals surface area (Å²) in [6.45, 7) is 3.91. The fourth-order valence-electron chi connectivity index (χ4n) is 3.72. The lowest BCUT2D eigenvalue weighted by atomic mass is 10.1. The maximum atomic E-state index is 13.1. The molecule has 2 aromatic heterocycles. The van der Waals surface area contributed by atoms with E-state index in [1.54, 1.807) is 42.5 Å². The van der Waals surface area contributed by atoms with Crippen LogP contribution in [-0.2, 0) is 14.1 Å². The van der Waals surface area contributed by atoms with E-state index in [2.05, 4.69) is 0 Å². The second-order valence-electron chi connectivity index (χ2n) is 7.36. The molecule has 154 valence electrons. The van der Waals surface area contributed by atoms with Crippen molar-refractivity contribution in [1.29, 1.82) is 0 Å². The second kappa shape index (κ2) is 7.65. The zero-order valence-electron chi connectivity index (χ0n) is 17.6. The Balaban J connectivity index is 1.66. The van der Waals surface area contributed by atoms with Crippen molar-refractivity contribution in [2.75, 3.05) is 7.11 Å². The number of aromatic nitrogens is 3. The number of thioether (sulfide) groups is 1. The van der Waals surface area contributed by atoms with Gasteiger partial charge in [-0.1, -0.05) is 23.9 Å². The number of nitrogens with zero attached hydrogens (tertiary/aromatic N) is 3. The van der Waals surface area contributed by atoms with Crippen LogP contribution in [0, 0.1) is 6.92 Å². The van der Waals surface area contributed by atoms with Crippen molar-refractivity contribution in [3.05, 3.63) is 64.1 Å². The van der Waals surface area contributed by atoms with Crippen LogP contribution in [-0.4, -0.2) is 32.3 Å². The molecule has 0 saturated heterocycles. The number of hydrogen-bond acceptors (Lipinski definition) is 5. The second-order valence-corrected chi connectivity index (χ2v) is 8.72. The molecule has 2 heterocycles. The monoisotopic (exact) mass is 421 g/mol. The van der Waals surface area contributed by atoms with E-state index in [0.717, 1.165) is 32.5 Å². The predicted molar refractivity (Wildman–Crippen MR) is 121 cm³/mol. The number of carbonyl (C=O) groups excluding carboxylic acids is 1. The van der Waals surface area contributed by atoms with Gasteiger partial charge in [-0.05, 0) is 49.7 Å². The van der Waals surface area contributed by atoms with E-state index in [4.69, 9.17) is 9.72 Å². The van der Waals surface area contributed by atoms with Crippen molar-refractivity contribution in [3.8, 4) is 5.75 Å². The van der Waals surface area contributed by atoms with Gasteiger partial charge in [0.2, 0.25) is 0 Å². The first-order valence-corrected chi connectivity index (χ1v) is 10.5. The average Bonchev–Trinajstić information content (AvgIpc) is 2.96. The first-order valence-electron chi connectivity index (χ1n) is 9.62. The van der Waals surface area contributed by atoms with Crippen LogP contribution < -0.4 is 10.4 Å². The molecule has 4 rings (SSSR count). The Bertz CT molecular complexity index is 1350. The molecule has 0 spiro atoms. The lowest BCUT2D eigenvalue weighted by Crippen LogP contribution is -2.19. The number of ketones is 1. The molecule has 7 heteroatoms. The highest BCUT2D eigenvalue weighted by Crippen LogP contribution is 2.32. The summed E-state index contributed by atoms with van der Waals surface area (Å²) in [5.41, 5.74) is 3.90. The van der Waals surface area contributed by atoms with E-state index in [1.165, 1.54) is 11.8 Å². The fourth-order valence-corrected chi connectivity index (χ4v) is 4.71. The van der Waals surface area contributed by atoms with Gasteiger partial charge in [-0.3, -0.25) is 13.9 Å². The van der Waals surface area contributed by atoms with Crippen LogP contribution in [0.3, 0.4) is 0 Å². The maximum Gasteiger partial charge on any atom is 0.328 e. The highest BCUT2D eigenvalue weighted by Gasteiger charge is 2.20. The highest BCUT2D eigenvalue weighted by molar-refractivity contribution is 8.00. The minimum Gasteiger partial charge on any atom is -0.494 e. The minimum absolute atomic E-state index is 0.00206. The maximum absolute atomic E-state index is 13.1. The highest BCUT2D eigenvalue weighted by atomic mass is 32.2. The third-order valence-corrected chi connectivity index (χ3v) is 6.45. The van der Waals surface area contributed by atoms with E-state index in [9.17, 15) is 9.59 Å². The molecule has 0 bridgehead atoms. The molecule has 0 amide bonds. The number of imidazole rings is 1. The first kappa shape index (κ1) is 20.2. The largest absolute Gasteiger partial charge is 0.494 e. The van der Waals surface area contributed by atoms with Crippen LogP contribution >= 0.6 is 11.8 Å². The Labute approximate surface area is 178 Å². The number of aryl methyl sites for hydroxylation is 3. The van der Waals surface area contributed by atoms with Crippen molar-refractivity contribution in [2.45, 2.75) is 24.1 Å². The normalized spacial score (nSPS) is 12.4. The van der Waals surface area contributed by atoms with Gasteiger partial charge in [0.15, 0.2) is 5.78 Å². The van der Waals surface area contributed by atoms with Gasteiger partial charge in [0.05, 0.1) is 28.4 Å². The Kier molecular flexibility index (Phi) is 5.15. The Morgan fingerprint density at radius 3 is 2.57 bits per heavy atom. The molecule has 0 N–H and O–H groups in total. The summed E-state index contributed by atoms with van der Waals surface area (Å²) in [6, 6.07) is 13.2. The third kappa shape index (κ3) is 3.29. The minimum atomic E-state index is -0.331. The van der Waals surface area contributed by atoms with Crippen LogP contribution in [0.4, 0.5) is 0 Å².